The Kier molecular flexibility index (Phi) is 3.19. The van der Waals surface area contributed by atoms with Crippen LogP contribution in [0.5, 0.6) is 0 Å². The van der Waals surface area contributed by atoms with Gasteiger partial charge in [-0.3, -0.25) is 0 Å². The van der Waals surface area contributed by atoms with Crippen molar-refractivity contribution in [3.8, 4) is 5.69 Å². The number of sulfonamides is 1. The first-order valence-corrected chi connectivity index (χ1v) is 7.12. The lowest BCUT2D eigenvalue weighted by molar-refractivity contribution is 0.596. The lowest BCUT2D eigenvalue weighted by atomic mass is 10.2. The summed E-state index contributed by atoms with van der Waals surface area (Å²) in [6.07, 6.45) is 0. The van der Waals surface area contributed by atoms with E-state index in [0.29, 0.717) is 22.6 Å². The molecule has 0 aliphatic heterocycles. The fourth-order valence-corrected chi connectivity index (χ4v) is 3.08. The molecule has 0 atom stereocenters. The normalized spacial score (nSPS) is 11.8. The topological polar surface area (TPSA) is 78.0 Å². The van der Waals surface area contributed by atoms with E-state index < -0.39 is 10.0 Å². The van der Waals surface area contributed by atoms with Crippen LogP contribution in [-0.4, -0.2) is 18.2 Å². The minimum atomic E-state index is -3.83. The van der Waals surface area contributed by atoms with Crippen molar-refractivity contribution < 1.29 is 12.8 Å². The largest absolute Gasteiger partial charge is 0.241 e. The summed E-state index contributed by atoms with van der Waals surface area (Å²) in [5.74, 6) is -0.352. The minimum absolute atomic E-state index is 0.0104. The van der Waals surface area contributed by atoms with Gasteiger partial charge in [0, 0.05) is 0 Å². The van der Waals surface area contributed by atoms with Crippen LogP contribution in [0.15, 0.2) is 23.1 Å². The molecule has 1 heterocycles. The predicted octanol–water partition coefficient (Wildman–Crippen LogP) is 1.58. The second kappa shape index (κ2) is 4.43. The molecule has 0 amide bonds. The van der Waals surface area contributed by atoms with Crippen molar-refractivity contribution in [1.29, 1.82) is 0 Å². The number of nitrogens with zero attached hydrogens (tertiary/aromatic N) is 2. The van der Waals surface area contributed by atoms with Crippen molar-refractivity contribution in [2.75, 3.05) is 0 Å². The van der Waals surface area contributed by atoms with Crippen LogP contribution < -0.4 is 5.14 Å². The molecule has 2 N–H and O–H groups in total. The Bertz CT molecular complexity index is 751. The average Bonchev–Trinajstić information content (AvgIpc) is 2.53. The Morgan fingerprint density at radius 1 is 1.26 bits per heavy atom. The number of aryl methyl sites for hydroxylation is 2. The first-order chi connectivity index (χ1) is 8.71. The Hall–Kier alpha value is -1.73. The maximum Gasteiger partial charge on any atom is 0.241 e. The first-order valence-electron chi connectivity index (χ1n) is 5.57. The van der Waals surface area contributed by atoms with Gasteiger partial charge in [0.05, 0.1) is 17.1 Å². The van der Waals surface area contributed by atoms with E-state index in [9.17, 15) is 12.8 Å². The molecular weight excluding hydrogens is 269 g/mol. The quantitative estimate of drug-likeness (QED) is 0.909. The first kappa shape index (κ1) is 13.7. The van der Waals surface area contributed by atoms with E-state index in [1.165, 1.54) is 16.8 Å². The smallest absolute Gasteiger partial charge is 0.236 e. The van der Waals surface area contributed by atoms with Gasteiger partial charge >= 0.3 is 0 Å². The summed E-state index contributed by atoms with van der Waals surface area (Å²) < 4.78 is 37.6. The Labute approximate surface area is 110 Å². The van der Waals surface area contributed by atoms with E-state index in [2.05, 4.69) is 5.10 Å². The summed E-state index contributed by atoms with van der Waals surface area (Å²) in [6, 6.07) is 4.22. The van der Waals surface area contributed by atoms with Crippen LogP contribution in [0.2, 0.25) is 0 Å². The molecule has 0 unspecified atom stereocenters. The van der Waals surface area contributed by atoms with Gasteiger partial charge in [-0.15, -0.1) is 0 Å². The van der Waals surface area contributed by atoms with Gasteiger partial charge in [0.2, 0.25) is 10.0 Å². The van der Waals surface area contributed by atoms with Crippen molar-refractivity contribution >= 4 is 10.0 Å². The fourth-order valence-electron chi connectivity index (χ4n) is 2.13. The SMILES string of the molecule is Cc1cc(F)ccc1-n1nc(C)c(S(N)(=O)=O)c1C. The summed E-state index contributed by atoms with van der Waals surface area (Å²) >= 11 is 0. The molecule has 2 aromatic rings. The van der Waals surface area contributed by atoms with E-state index in [0.717, 1.165) is 0 Å². The third kappa shape index (κ3) is 2.39. The zero-order valence-corrected chi connectivity index (χ0v) is 11.6. The number of hydrogen-bond acceptors (Lipinski definition) is 3. The molecule has 0 saturated carbocycles. The molecule has 0 fully saturated rings. The number of hydrogen-bond donors (Lipinski definition) is 1. The molecule has 0 spiro atoms. The zero-order chi connectivity index (χ0) is 14.4. The Balaban J connectivity index is 2.72. The van der Waals surface area contributed by atoms with Gasteiger partial charge < -0.3 is 0 Å². The van der Waals surface area contributed by atoms with Crippen LogP contribution >= 0.6 is 0 Å². The summed E-state index contributed by atoms with van der Waals surface area (Å²) in [4.78, 5) is 0.0104. The third-order valence-electron chi connectivity index (χ3n) is 2.90. The molecule has 2 rings (SSSR count). The van der Waals surface area contributed by atoms with Crippen LogP contribution in [0.3, 0.4) is 0 Å². The highest BCUT2D eigenvalue weighted by atomic mass is 32.2. The maximum absolute atomic E-state index is 13.1. The van der Waals surface area contributed by atoms with Gasteiger partial charge in [0.25, 0.3) is 0 Å². The van der Waals surface area contributed by atoms with Gasteiger partial charge in [0.15, 0.2) is 0 Å². The van der Waals surface area contributed by atoms with Crippen LogP contribution in [0, 0.1) is 26.6 Å². The second-order valence-corrected chi connectivity index (χ2v) is 5.89. The van der Waals surface area contributed by atoms with Crippen LogP contribution in [0.1, 0.15) is 17.0 Å². The number of nitrogens with two attached hydrogens (primary N) is 1. The van der Waals surface area contributed by atoms with E-state index in [4.69, 9.17) is 5.14 Å². The molecule has 0 radical (unpaired) electrons. The summed E-state index contributed by atoms with van der Waals surface area (Å²) in [6.45, 7) is 4.91. The Morgan fingerprint density at radius 2 is 1.89 bits per heavy atom. The minimum Gasteiger partial charge on any atom is -0.236 e. The molecular formula is C12H14FN3O2S. The molecule has 1 aromatic carbocycles. The number of rotatable bonds is 2. The van der Waals surface area contributed by atoms with Crippen molar-refractivity contribution in [2.45, 2.75) is 25.7 Å². The number of halogens is 1. The van der Waals surface area contributed by atoms with E-state index >= 15 is 0 Å². The van der Waals surface area contributed by atoms with Crippen LogP contribution in [0.4, 0.5) is 4.39 Å². The third-order valence-corrected chi connectivity index (χ3v) is 4.06. The maximum atomic E-state index is 13.1. The molecule has 0 aliphatic rings. The highest BCUT2D eigenvalue weighted by molar-refractivity contribution is 7.89. The van der Waals surface area contributed by atoms with Gasteiger partial charge in [0.1, 0.15) is 10.7 Å². The standard InChI is InChI=1S/C12H14FN3O2S/c1-7-6-10(13)4-5-11(7)16-9(3)12(8(2)15-16)19(14,17)18/h4-6H,1-3H3,(H2,14,17,18). The van der Waals surface area contributed by atoms with Crippen LogP contribution in [0.25, 0.3) is 5.69 Å². The van der Waals surface area contributed by atoms with E-state index in [-0.39, 0.29) is 10.7 Å². The monoisotopic (exact) mass is 283 g/mol. The average molecular weight is 283 g/mol. The zero-order valence-electron chi connectivity index (χ0n) is 10.8. The van der Waals surface area contributed by atoms with Gasteiger partial charge in [-0.25, -0.2) is 22.6 Å². The molecule has 0 saturated heterocycles. The predicted molar refractivity (Wildman–Crippen MR) is 69.1 cm³/mol. The van der Waals surface area contributed by atoms with Crippen LogP contribution in [-0.2, 0) is 10.0 Å². The molecule has 0 bridgehead atoms. The Morgan fingerprint density at radius 3 is 2.37 bits per heavy atom. The molecule has 19 heavy (non-hydrogen) atoms. The number of aromatic nitrogens is 2. The van der Waals surface area contributed by atoms with Crippen molar-refractivity contribution in [3.63, 3.8) is 0 Å². The highest BCUT2D eigenvalue weighted by Crippen LogP contribution is 2.23. The van der Waals surface area contributed by atoms with Crippen molar-refractivity contribution in [1.82, 2.24) is 9.78 Å². The van der Waals surface area contributed by atoms with E-state index in [1.807, 2.05) is 0 Å². The van der Waals surface area contributed by atoms with Gasteiger partial charge in [-0.2, -0.15) is 5.10 Å². The molecule has 5 nitrogen and oxygen atoms in total. The van der Waals surface area contributed by atoms with Gasteiger partial charge in [-0.1, -0.05) is 0 Å². The summed E-state index contributed by atoms with van der Waals surface area (Å²) in [7, 11) is -3.83. The lowest BCUT2D eigenvalue weighted by Crippen LogP contribution is -2.14. The van der Waals surface area contributed by atoms with Crippen molar-refractivity contribution in [2.24, 2.45) is 5.14 Å². The molecule has 7 heteroatoms. The summed E-state index contributed by atoms with van der Waals surface area (Å²) in [5.41, 5.74) is 2.02. The second-order valence-electron chi connectivity index (χ2n) is 4.39. The molecule has 0 aliphatic carbocycles. The van der Waals surface area contributed by atoms with Crippen molar-refractivity contribution in [3.05, 3.63) is 41.0 Å². The number of benzene rings is 1. The lowest BCUT2D eigenvalue weighted by Gasteiger charge is -2.08. The highest BCUT2D eigenvalue weighted by Gasteiger charge is 2.22. The fraction of sp³-hybridized carbons (Fsp3) is 0.250. The number of primary sulfonamides is 1. The molecule has 1 aromatic heterocycles. The van der Waals surface area contributed by atoms with E-state index in [1.54, 1.807) is 26.8 Å². The molecule has 102 valence electrons. The van der Waals surface area contributed by atoms with Gasteiger partial charge in [-0.05, 0) is 44.5 Å². The summed E-state index contributed by atoms with van der Waals surface area (Å²) in [5, 5.41) is 9.34.